The van der Waals surface area contributed by atoms with Crippen molar-refractivity contribution in [2.24, 2.45) is 0 Å². The van der Waals surface area contributed by atoms with E-state index in [0.29, 0.717) is 13.0 Å². The van der Waals surface area contributed by atoms with E-state index in [1.165, 1.54) is 78.1 Å². The summed E-state index contributed by atoms with van der Waals surface area (Å²) in [6.45, 7) is 7.06. The summed E-state index contributed by atoms with van der Waals surface area (Å²) in [5, 5.41) is 2.84. The van der Waals surface area contributed by atoms with Gasteiger partial charge in [0, 0.05) is 39.8 Å². The molecule has 1 rings (SSSR count). The molecule has 6 nitrogen and oxygen atoms in total. The van der Waals surface area contributed by atoms with Crippen LogP contribution in [0, 0.1) is 0 Å². The first-order valence-corrected chi connectivity index (χ1v) is 12.1. The van der Waals surface area contributed by atoms with Gasteiger partial charge in [0.05, 0.1) is 6.04 Å². The summed E-state index contributed by atoms with van der Waals surface area (Å²) in [6, 6.07) is -0.278. The predicted octanol–water partition coefficient (Wildman–Crippen LogP) is 4.74. The van der Waals surface area contributed by atoms with Crippen LogP contribution in [0.5, 0.6) is 0 Å². The smallest absolute Gasteiger partial charge is 0.302 e. The van der Waals surface area contributed by atoms with Gasteiger partial charge in [0.25, 0.3) is 0 Å². The first-order chi connectivity index (χ1) is 14.3. The molecule has 1 aliphatic rings. The zero-order valence-electron chi connectivity index (χ0n) is 19.7. The number of esters is 1. The molecule has 1 aliphatic heterocycles. The molecule has 0 spiro atoms. The molecule has 1 N–H and O–H groups in total. The number of piperidine rings is 1. The number of ether oxygens (including phenoxy) is 1. The Balaban J connectivity index is 2.37. The van der Waals surface area contributed by atoms with Gasteiger partial charge in [0.2, 0.25) is 11.8 Å². The highest BCUT2D eigenvalue weighted by molar-refractivity contribution is 5.75. The Bertz CT molecular complexity index is 523. The topological polar surface area (TPSA) is 75.7 Å². The Morgan fingerprint density at radius 2 is 1.40 bits per heavy atom. The maximum Gasteiger partial charge on any atom is 0.302 e. The molecular weight excluding hydrogens is 380 g/mol. The van der Waals surface area contributed by atoms with Crippen molar-refractivity contribution in [3.8, 4) is 0 Å². The molecule has 0 radical (unpaired) electrons. The van der Waals surface area contributed by atoms with Crippen molar-refractivity contribution in [1.29, 1.82) is 0 Å². The number of likely N-dealkylation sites (tertiary alicyclic amines) is 1. The van der Waals surface area contributed by atoms with Gasteiger partial charge in [0.15, 0.2) is 0 Å². The number of carbonyl (C=O) groups excluding carboxylic acids is 3. The molecule has 3 atom stereocenters. The molecule has 1 fully saturated rings. The van der Waals surface area contributed by atoms with Crippen LogP contribution in [0.15, 0.2) is 0 Å². The maximum atomic E-state index is 12.2. The Morgan fingerprint density at radius 1 is 0.867 bits per heavy atom. The maximum absolute atomic E-state index is 12.2. The number of unbranched alkanes of at least 4 members (excludes halogenated alkanes) is 10. The lowest BCUT2D eigenvalue weighted by Gasteiger charge is -2.43. The minimum atomic E-state index is -0.375. The van der Waals surface area contributed by atoms with Crippen LogP contribution in [0.25, 0.3) is 0 Å². The van der Waals surface area contributed by atoms with Crippen molar-refractivity contribution in [1.82, 2.24) is 10.2 Å². The molecule has 0 saturated carbocycles. The highest BCUT2D eigenvalue weighted by Gasteiger charge is 2.38. The summed E-state index contributed by atoms with van der Waals surface area (Å²) in [5.74, 6) is -0.510. The van der Waals surface area contributed by atoms with Gasteiger partial charge in [-0.15, -0.1) is 0 Å². The average molecular weight is 425 g/mol. The fourth-order valence-corrected chi connectivity index (χ4v) is 4.48. The zero-order chi connectivity index (χ0) is 22.4. The quantitative estimate of drug-likeness (QED) is 0.323. The number of hydrogen-bond acceptors (Lipinski definition) is 4. The third-order valence-electron chi connectivity index (χ3n) is 6.04. The molecule has 6 heteroatoms. The van der Waals surface area contributed by atoms with E-state index in [1.807, 2.05) is 4.90 Å². The molecule has 0 aromatic carbocycles. The monoisotopic (exact) mass is 424 g/mol. The summed E-state index contributed by atoms with van der Waals surface area (Å²) >= 11 is 0. The SMILES string of the molecule is CCCCCCCCCCCCC[C@H]1C[C@@H](OC(C)=O)[C@@H](NC(C)=O)CN1C(C)=O. The predicted molar refractivity (Wildman–Crippen MR) is 120 cm³/mol. The van der Waals surface area contributed by atoms with Gasteiger partial charge in [-0.05, 0) is 6.42 Å². The van der Waals surface area contributed by atoms with Crippen LogP contribution in [-0.4, -0.2) is 47.4 Å². The Hall–Kier alpha value is -1.59. The molecule has 0 aromatic rings. The lowest BCUT2D eigenvalue weighted by molar-refractivity contribution is -0.155. The second-order valence-electron chi connectivity index (χ2n) is 8.84. The van der Waals surface area contributed by atoms with Crippen LogP contribution < -0.4 is 5.32 Å². The van der Waals surface area contributed by atoms with Crippen molar-refractivity contribution in [3.63, 3.8) is 0 Å². The minimum absolute atomic E-state index is 0.0136. The van der Waals surface area contributed by atoms with Gasteiger partial charge in [-0.25, -0.2) is 0 Å². The van der Waals surface area contributed by atoms with Crippen molar-refractivity contribution in [2.45, 2.75) is 129 Å². The van der Waals surface area contributed by atoms with Crippen molar-refractivity contribution >= 4 is 17.8 Å². The van der Waals surface area contributed by atoms with E-state index in [2.05, 4.69) is 12.2 Å². The van der Waals surface area contributed by atoms with Crippen LogP contribution in [0.2, 0.25) is 0 Å². The van der Waals surface area contributed by atoms with Crippen LogP contribution in [0.1, 0.15) is 111 Å². The van der Waals surface area contributed by atoms with Gasteiger partial charge in [-0.1, -0.05) is 77.6 Å². The van der Waals surface area contributed by atoms with Crippen LogP contribution in [0.4, 0.5) is 0 Å². The fourth-order valence-electron chi connectivity index (χ4n) is 4.48. The number of rotatable bonds is 14. The molecule has 2 amide bonds. The van der Waals surface area contributed by atoms with Crippen LogP contribution >= 0.6 is 0 Å². The number of amides is 2. The normalized spacial score (nSPS) is 21.3. The number of nitrogens with one attached hydrogen (secondary N) is 1. The van der Waals surface area contributed by atoms with Gasteiger partial charge >= 0.3 is 5.97 Å². The van der Waals surface area contributed by atoms with E-state index >= 15 is 0 Å². The summed E-state index contributed by atoms with van der Waals surface area (Å²) in [5.41, 5.74) is 0. The third kappa shape index (κ3) is 11.0. The second kappa shape index (κ2) is 15.2. The Labute approximate surface area is 183 Å². The van der Waals surface area contributed by atoms with Crippen molar-refractivity contribution in [3.05, 3.63) is 0 Å². The summed E-state index contributed by atoms with van der Waals surface area (Å²) in [4.78, 5) is 37.1. The first-order valence-electron chi connectivity index (χ1n) is 12.1. The highest BCUT2D eigenvalue weighted by Crippen LogP contribution is 2.25. The lowest BCUT2D eigenvalue weighted by Crippen LogP contribution is -2.60. The van der Waals surface area contributed by atoms with E-state index in [1.54, 1.807) is 6.92 Å². The number of nitrogens with zero attached hydrogens (tertiary/aromatic N) is 1. The first kappa shape index (κ1) is 26.4. The minimum Gasteiger partial charge on any atom is -0.460 e. The zero-order valence-corrected chi connectivity index (χ0v) is 19.7. The molecule has 174 valence electrons. The summed E-state index contributed by atoms with van der Waals surface area (Å²) in [7, 11) is 0. The van der Waals surface area contributed by atoms with E-state index in [4.69, 9.17) is 4.74 Å². The second-order valence-corrected chi connectivity index (χ2v) is 8.84. The molecular formula is C24H44N2O4. The number of carbonyl (C=O) groups is 3. The third-order valence-corrected chi connectivity index (χ3v) is 6.04. The van der Waals surface area contributed by atoms with Crippen molar-refractivity contribution < 1.29 is 19.1 Å². The van der Waals surface area contributed by atoms with E-state index in [-0.39, 0.29) is 36.0 Å². The fraction of sp³-hybridized carbons (Fsp3) is 0.875. The van der Waals surface area contributed by atoms with Gasteiger partial charge < -0.3 is 15.0 Å². The van der Waals surface area contributed by atoms with E-state index in [9.17, 15) is 14.4 Å². The van der Waals surface area contributed by atoms with Gasteiger partial charge in [-0.3, -0.25) is 14.4 Å². The lowest BCUT2D eigenvalue weighted by atomic mass is 9.91. The molecule has 1 heterocycles. The summed E-state index contributed by atoms with van der Waals surface area (Å²) < 4.78 is 5.48. The number of hydrogen-bond donors (Lipinski definition) is 1. The molecule has 1 saturated heterocycles. The molecule has 0 aromatic heterocycles. The van der Waals surface area contributed by atoms with E-state index in [0.717, 1.165) is 12.8 Å². The standard InChI is InChI=1S/C24H44N2O4/c1-5-6-7-8-9-10-11-12-13-14-15-16-22-17-24(30-21(4)29)23(25-19(2)27)18-26(22)20(3)28/h22-24H,5-18H2,1-4H3,(H,25,27)/t22-,23-,24+/m0/s1. The average Bonchev–Trinajstić information content (AvgIpc) is 2.66. The largest absolute Gasteiger partial charge is 0.460 e. The molecule has 30 heavy (non-hydrogen) atoms. The van der Waals surface area contributed by atoms with E-state index < -0.39 is 0 Å². The summed E-state index contributed by atoms with van der Waals surface area (Å²) in [6.07, 6.45) is 15.3. The highest BCUT2D eigenvalue weighted by atomic mass is 16.5. The Kier molecular flexibility index (Phi) is 13.4. The molecule has 0 unspecified atom stereocenters. The molecule has 0 bridgehead atoms. The van der Waals surface area contributed by atoms with Gasteiger partial charge in [-0.2, -0.15) is 0 Å². The van der Waals surface area contributed by atoms with Crippen LogP contribution in [-0.2, 0) is 19.1 Å². The van der Waals surface area contributed by atoms with Crippen molar-refractivity contribution in [2.75, 3.05) is 6.54 Å². The Morgan fingerprint density at radius 3 is 1.87 bits per heavy atom. The van der Waals surface area contributed by atoms with Crippen LogP contribution in [0.3, 0.4) is 0 Å². The molecule has 0 aliphatic carbocycles. The van der Waals surface area contributed by atoms with Gasteiger partial charge in [0.1, 0.15) is 6.10 Å².